The predicted molar refractivity (Wildman–Crippen MR) is 212 cm³/mol. The van der Waals surface area contributed by atoms with Crippen molar-refractivity contribution in [3.63, 3.8) is 0 Å². The summed E-state index contributed by atoms with van der Waals surface area (Å²) in [6.07, 6.45) is 3.23. The van der Waals surface area contributed by atoms with E-state index in [-0.39, 0.29) is 12.1 Å². The zero-order valence-electron chi connectivity index (χ0n) is 32.9. The third-order valence-electron chi connectivity index (χ3n) is 11.5. The molecule has 10 nitrogen and oxygen atoms in total. The van der Waals surface area contributed by atoms with Crippen molar-refractivity contribution in [1.29, 1.82) is 0 Å². The number of fused-ring (bicyclic) bond motifs is 2. The maximum absolute atomic E-state index is 7.23. The Hall–Kier alpha value is -5.16. The van der Waals surface area contributed by atoms with Gasteiger partial charge in [0, 0.05) is 42.8 Å². The van der Waals surface area contributed by atoms with Crippen molar-refractivity contribution in [2.75, 3.05) is 55.6 Å². The van der Waals surface area contributed by atoms with Crippen LogP contribution in [0.3, 0.4) is 0 Å². The van der Waals surface area contributed by atoms with Crippen LogP contribution in [0.2, 0.25) is 0 Å². The summed E-state index contributed by atoms with van der Waals surface area (Å²) in [5.74, 6) is 7.05. The molecule has 4 aromatic carbocycles. The van der Waals surface area contributed by atoms with Gasteiger partial charge in [-0.25, -0.2) is 0 Å². The molecule has 0 unspecified atom stereocenters. The first-order valence-corrected chi connectivity index (χ1v) is 19.1. The van der Waals surface area contributed by atoms with Crippen molar-refractivity contribution < 1.29 is 32.8 Å². The topological polar surface area (TPSA) is 87.0 Å². The van der Waals surface area contributed by atoms with E-state index in [1.54, 1.807) is 28.4 Å². The molecule has 6 bridgehead atoms. The molecule has 4 aliphatic heterocycles. The molecule has 5 aromatic rings. The van der Waals surface area contributed by atoms with E-state index in [0.717, 1.165) is 66.3 Å². The molecule has 55 heavy (non-hydrogen) atoms. The van der Waals surface area contributed by atoms with E-state index < -0.39 is 0 Å². The number of nitrogens with one attached hydrogen (secondary N) is 1. The monoisotopic (exact) mass is 745 g/mol. The van der Waals surface area contributed by atoms with Gasteiger partial charge in [0.25, 0.3) is 0 Å². The van der Waals surface area contributed by atoms with Crippen LogP contribution in [-0.2, 0) is 38.8 Å². The van der Waals surface area contributed by atoms with E-state index in [0.29, 0.717) is 59.8 Å². The smallest absolute Gasteiger partial charge is 0.204 e. The first kappa shape index (κ1) is 36.8. The van der Waals surface area contributed by atoms with E-state index in [4.69, 9.17) is 32.8 Å². The highest BCUT2D eigenvalue weighted by Crippen LogP contribution is 2.54. The van der Waals surface area contributed by atoms with Gasteiger partial charge in [-0.2, -0.15) is 0 Å². The quantitative estimate of drug-likeness (QED) is 0.167. The van der Waals surface area contributed by atoms with E-state index in [2.05, 4.69) is 77.7 Å². The van der Waals surface area contributed by atoms with Gasteiger partial charge < -0.3 is 38.2 Å². The van der Waals surface area contributed by atoms with Crippen molar-refractivity contribution in [1.82, 2.24) is 15.1 Å². The highest BCUT2D eigenvalue weighted by atomic mass is 16.5. The van der Waals surface area contributed by atoms with Crippen molar-refractivity contribution in [3.8, 4) is 46.0 Å². The Morgan fingerprint density at radius 3 is 2.13 bits per heavy atom. The SMILES string of the molecule is COc1ccc2cc1Oc1ccc(cc1)C[C@H]1c3cc(c(OC)cc3CCN1C)Oc1c(OC)c(OC)c(CNCc3ccc(C)o3)c3c1[C@H](C2)N(C)CC3. The molecule has 0 saturated carbocycles. The Balaban J connectivity index is 1.34. The van der Waals surface area contributed by atoms with E-state index in [1.807, 2.05) is 25.1 Å². The summed E-state index contributed by atoms with van der Waals surface area (Å²) >= 11 is 0. The van der Waals surface area contributed by atoms with Gasteiger partial charge in [-0.1, -0.05) is 18.2 Å². The minimum atomic E-state index is -0.0769. The second kappa shape index (κ2) is 15.5. The Bertz CT molecular complexity index is 2180. The lowest BCUT2D eigenvalue weighted by molar-refractivity contribution is 0.219. The van der Waals surface area contributed by atoms with Crippen molar-refractivity contribution in [2.45, 2.75) is 57.8 Å². The lowest BCUT2D eigenvalue weighted by Crippen LogP contribution is -2.35. The van der Waals surface area contributed by atoms with Gasteiger partial charge in [0.1, 0.15) is 17.3 Å². The summed E-state index contributed by atoms with van der Waals surface area (Å²) in [5.41, 5.74) is 8.12. The molecule has 2 atom stereocenters. The Labute approximate surface area is 323 Å². The molecule has 5 heterocycles. The van der Waals surface area contributed by atoms with Crippen LogP contribution in [0.4, 0.5) is 0 Å². The zero-order chi connectivity index (χ0) is 38.2. The fourth-order valence-electron chi connectivity index (χ4n) is 8.58. The van der Waals surface area contributed by atoms with E-state index in [1.165, 1.54) is 22.3 Å². The molecule has 288 valence electrons. The third-order valence-corrected chi connectivity index (χ3v) is 11.5. The average molecular weight is 746 g/mol. The summed E-state index contributed by atoms with van der Waals surface area (Å²) in [5, 5.41) is 3.62. The average Bonchev–Trinajstić information content (AvgIpc) is 3.61. The normalized spacial score (nSPS) is 18.0. The van der Waals surface area contributed by atoms with Gasteiger partial charge in [0.2, 0.25) is 5.75 Å². The molecular weight excluding hydrogens is 695 g/mol. The van der Waals surface area contributed by atoms with Gasteiger partial charge in [0.05, 0.1) is 35.0 Å². The fourth-order valence-corrected chi connectivity index (χ4v) is 8.58. The summed E-state index contributed by atoms with van der Waals surface area (Å²) in [7, 11) is 11.2. The summed E-state index contributed by atoms with van der Waals surface area (Å²) in [4.78, 5) is 4.83. The number of hydrogen-bond donors (Lipinski definition) is 1. The van der Waals surface area contributed by atoms with Crippen LogP contribution >= 0.6 is 0 Å². The van der Waals surface area contributed by atoms with Gasteiger partial charge >= 0.3 is 0 Å². The van der Waals surface area contributed by atoms with Gasteiger partial charge in [-0.3, -0.25) is 9.80 Å². The number of aryl methyl sites for hydroxylation is 1. The number of methoxy groups -OCH3 is 4. The van der Waals surface area contributed by atoms with Crippen molar-refractivity contribution in [2.24, 2.45) is 0 Å². The van der Waals surface area contributed by atoms with Crippen LogP contribution in [0, 0.1) is 6.92 Å². The van der Waals surface area contributed by atoms with E-state index in [9.17, 15) is 0 Å². The molecule has 0 spiro atoms. The summed E-state index contributed by atoms with van der Waals surface area (Å²) in [6, 6.07) is 23.0. The molecule has 0 radical (unpaired) electrons. The van der Waals surface area contributed by atoms with Gasteiger partial charge in [-0.15, -0.1) is 0 Å². The van der Waals surface area contributed by atoms with Crippen LogP contribution in [0.25, 0.3) is 0 Å². The van der Waals surface area contributed by atoms with Crippen LogP contribution in [-0.4, -0.2) is 65.4 Å². The number of benzene rings is 4. The molecule has 4 aliphatic rings. The molecule has 1 aromatic heterocycles. The molecule has 10 heteroatoms. The summed E-state index contributed by atoms with van der Waals surface area (Å²) in [6.45, 7) is 4.88. The Morgan fingerprint density at radius 2 is 1.40 bits per heavy atom. The number of furan rings is 1. The molecule has 1 N–H and O–H groups in total. The number of hydrogen-bond acceptors (Lipinski definition) is 10. The van der Waals surface area contributed by atoms with Crippen LogP contribution in [0.5, 0.6) is 46.0 Å². The minimum Gasteiger partial charge on any atom is -0.493 e. The second-order valence-electron chi connectivity index (χ2n) is 14.8. The second-order valence-corrected chi connectivity index (χ2v) is 14.8. The van der Waals surface area contributed by atoms with E-state index >= 15 is 0 Å². The number of rotatable bonds is 8. The number of ether oxygens (including phenoxy) is 6. The minimum absolute atomic E-state index is 0.0769. The van der Waals surface area contributed by atoms with Gasteiger partial charge in [0.15, 0.2) is 34.5 Å². The van der Waals surface area contributed by atoms with Crippen LogP contribution in [0.15, 0.2) is 71.1 Å². The Morgan fingerprint density at radius 1 is 0.691 bits per heavy atom. The van der Waals surface area contributed by atoms with Gasteiger partial charge in [-0.05, 0) is 123 Å². The zero-order valence-corrected chi connectivity index (χ0v) is 32.9. The van der Waals surface area contributed by atoms with Crippen LogP contribution < -0.4 is 33.7 Å². The Kier molecular flexibility index (Phi) is 10.4. The number of nitrogens with zero attached hydrogens (tertiary/aromatic N) is 2. The molecule has 0 aliphatic carbocycles. The molecule has 0 saturated heterocycles. The number of likely N-dealkylation sites (N-methyl/N-ethyl adjacent to an activating group) is 2. The first-order valence-electron chi connectivity index (χ1n) is 19.1. The van der Waals surface area contributed by atoms with Crippen molar-refractivity contribution >= 4 is 0 Å². The molecule has 0 amide bonds. The highest BCUT2D eigenvalue weighted by Gasteiger charge is 2.37. The highest BCUT2D eigenvalue weighted by molar-refractivity contribution is 5.67. The lowest BCUT2D eigenvalue weighted by Gasteiger charge is -2.38. The maximum atomic E-state index is 7.23. The third kappa shape index (κ3) is 7.10. The maximum Gasteiger partial charge on any atom is 0.204 e. The first-order chi connectivity index (χ1) is 26.8. The van der Waals surface area contributed by atoms with Crippen LogP contribution in [0.1, 0.15) is 62.5 Å². The molecular formula is C45H51N3O7. The molecule has 9 rings (SSSR count). The molecule has 0 fully saturated rings. The lowest BCUT2D eigenvalue weighted by atomic mass is 9.84. The largest absolute Gasteiger partial charge is 0.493 e. The fraction of sp³-hybridized carbons (Fsp3) is 0.378. The standard InChI is InChI=1S/C45H51N3O7/c1-27-8-12-32(53-27)25-46-26-35-33-17-19-48(3)37-21-29-11-15-38(49-4)40(22-29)54-31-13-9-28(10-14-31)20-36-34-24-41(39(50-5)23-30(34)16-18-47(36)2)55-44(42(33)37)45(52-7)43(35)51-6/h8-15,22-24,36-37,46H,16-21,25-26H2,1-7H3/t36-,37-/m0/s1. The summed E-state index contributed by atoms with van der Waals surface area (Å²) < 4.78 is 44.1. The van der Waals surface area contributed by atoms with Crippen molar-refractivity contribution in [3.05, 3.63) is 117 Å². The predicted octanol–water partition coefficient (Wildman–Crippen LogP) is 8.35.